The molecule has 0 atom stereocenters. The first-order valence-corrected chi connectivity index (χ1v) is 5.09. The van der Waals surface area contributed by atoms with Crippen LogP contribution in [-0.4, -0.2) is 8.42 Å². The molecule has 0 aromatic heterocycles. The Labute approximate surface area is 77.3 Å². The van der Waals surface area contributed by atoms with E-state index in [9.17, 15) is 8.42 Å². The summed E-state index contributed by atoms with van der Waals surface area (Å²) in [5.41, 5.74) is 1.35. The molecule has 3 N–H and O–H groups in total. The van der Waals surface area contributed by atoms with E-state index in [1.807, 2.05) is 0 Å². The maximum absolute atomic E-state index is 10.6. The van der Waals surface area contributed by atoms with Crippen LogP contribution in [0.1, 0.15) is 5.56 Å². The van der Waals surface area contributed by atoms with Crippen molar-refractivity contribution in [3.63, 3.8) is 0 Å². The van der Waals surface area contributed by atoms with Gasteiger partial charge in [0.2, 0.25) is 0 Å². The summed E-state index contributed by atoms with van der Waals surface area (Å²) < 4.78 is 23.4. The highest BCUT2D eigenvalue weighted by Crippen LogP contribution is 2.10. The maximum Gasteiger partial charge on any atom is 0.296 e. The quantitative estimate of drug-likeness (QED) is 0.758. The second-order valence-electron chi connectivity index (χ2n) is 2.47. The predicted octanol–water partition coefficient (Wildman–Crippen LogP) is 0.945. The molecule has 1 aromatic carbocycles. The summed E-state index contributed by atoms with van der Waals surface area (Å²) in [4.78, 5) is 0. The minimum absolute atomic E-state index is 0.438. The molecule has 0 saturated heterocycles. The maximum atomic E-state index is 10.6. The Morgan fingerprint density at radius 2 is 1.85 bits per heavy atom. The highest BCUT2D eigenvalue weighted by Gasteiger charge is 2.00. The Morgan fingerprint density at radius 3 is 2.23 bits per heavy atom. The Bertz CT molecular complexity index is 395. The molecular formula is C8H10N2O2S. The van der Waals surface area contributed by atoms with Crippen LogP contribution in [0.5, 0.6) is 0 Å². The fourth-order valence-electron chi connectivity index (χ4n) is 0.852. The van der Waals surface area contributed by atoms with Gasteiger partial charge in [-0.25, -0.2) is 5.14 Å². The molecule has 1 rings (SSSR count). The molecule has 0 heterocycles. The Balaban J connectivity index is 2.87. The lowest BCUT2D eigenvalue weighted by Gasteiger charge is -2.02. The second kappa shape index (κ2) is 3.59. The van der Waals surface area contributed by atoms with E-state index < -0.39 is 10.2 Å². The molecular weight excluding hydrogens is 188 g/mol. The van der Waals surface area contributed by atoms with Crippen LogP contribution in [-0.2, 0) is 10.2 Å². The van der Waals surface area contributed by atoms with Gasteiger partial charge in [0, 0.05) is 5.69 Å². The molecule has 0 aliphatic carbocycles. The van der Waals surface area contributed by atoms with Crippen molar-refractivity contribution in [3.8, 4) is 0 Å². The second-order valence-corrected chi connectivity index (χ2v) is 3.77. The van der Waals surface area contributed by atoms with Crippen LogP contribution in [0.2, 0.25) is 0 Å². The van der Waals surface area contributed by atoms with Crippen molar-refractivity contribution in [2.75, 3.05) is 4.72 Å². The van der Waals surface area contributed by atoms with Crippen molar-refractivity contribution in [3.05, 3.63) is 36.4 Å². The zero-order valence-corrected chi connectivity index (χ0v) is 7.71. The molecule has 5 heteroatoms. The molecule has 1 aromatic rings. The van der Waals surface area contributed by atoms with Gasteiger partial charge in [0.1, 0.15) is 0 Å². The number of anilines is 1. The van der Waals surface area contributed by atoms with Crippen LogP contribution < -0.4 is 9.86 Å². The summed E-state index contributed by atoms with van der Waals surface area (Å²) in [6.45, 7) is 3.57. The third-order valence-electron chi connectivity index (χ3n) is 1.41. The topological polar surface area (TPSA) is 72.2 Å². The van der Waals surface area contributed by atoms with Gasteiger partial charge in [0.15, 0.2) is 0 Å². The standard InChI is InChI=1S/C8H10N2O2S/c1-2-7-3-5-8(6-4-7)10-13(9,11)12/h2-6,10H,1H2,(H2,9,11,12). The van der Waals surface area contributed by atoms with Gasteiger partial charge in [-0.2, -0.15) is 8.42 Å². The molecule has 4 nitrogen and oxygen atoms in total. The molecule has 0 aliphatic rings. The zero-order valence-electron chi connectivity index (χ0n) is 6.90. The van der Waals surface area contributed by atoms with Crippen molar-refractivity contribution in [1.29, 1.82) is 0 Å². The number of nitrogens with one attached hydrogen (secondary N) is 1. The molecule has 70 valence electrons. The number of rotatable bonds is 3. The van der Waals surface area contributed by atoms with E-state index in [1.54, 1.807) is 30.3 Å². The molecule has 0 amide bonds. The molecule has 0 bridgehead atoms. The Morgan fingerprint density at radius 1 is 1.31 bits per heavy atom. The SMILES string of the molecule is C=Cc1ccc(NS(N)(=O)=O)cc1. The fourth-order valence-corrected chi connectivity index (χ4v) is 1.32. The first kappa shape index (κ1) is 9.76. The van der Waals surface area contributed by atoms with Gasteiger partial charge < -0.3 is 0 Å². The van der Waals surface area contributed by atoms with Crippen LogP contribution in [0.4, 0.5) is 5.69 Å². The van der Waals surface area contributed by atoms with E-state index in [0.29, 0.717) is 5.69 Å². The van der Waals surface area contributed by atoms with E-state index in [-0.39, 0.29) is 0 Å². The van der Waals surface area contributed by atoms with Gasteiger partial charge in [0.25, 0.3) is 10.2 Å². The third kappa shape index (κ3) is 3.27. The lowest BCUT2D eigenvalue weighted by molar-refractivity contribution is 0.603. The highest BCUT2D eigenvalue weighted by atomic mass is 32.2. The van der Waals surface area contributed by atoms with Crippen LogP contribution in [0.25, 0.3) is 6.08 Å². The predicted molar refractivity (Wildman–Crippen MR) is 53.3 cm³/mol. The summed E-state index contributed by atoms with van der Waals surface area (Å²) in [7, 11) is -3.67. The van der Waals surface area contributed by atoms with Crippen molar-refractivity contribution in [2.45, 2.75) is 0 Å². The Hall–Kier alpha value is -1.33. The van der Waals surface area contributed by atoms with E-state index in [0.717, 1.165) is 5.56 Å². The summed E-state index contributed by atoms with van der Waals surface area (Å²) in [5.74, 6) is 0. The summed E-state index contributed by atoms with van der Waals surface area (Å²) >= 11 is 0. The van der Waals surface area contributed by atoms with Gasteiger partial charge in [0.05, 0.1) is 0 Å². The normalized spacial score (nSPS) is 10.8. The molecule has 0 radical (unpaired) electrons. The monoisotopic (exact) mass is 198 g/mol. The van der Waals surface area contributed by atoms with E-state index >= 15 is 0 Å². The summed E-state index contributed by atoms with van der Waals surface area (Å²) in [6, 6.07) is 6.70. The number of hydrogen-bond acceptors (Lipinski definition) is 2. The van der Waals surface area contributed by atoms with Crippen LogP contribution in [0.15, 0.2) is 30.8 Å². The lowest BCUT2D eigenvalue weighted by atomic mass is 10.2. The summed E-state index contributed by atoms with van der Waals surface area (Å²) in [6.07, 6.45) is 1.67. The van der Waals surface area contributed by atoms with E-state index in [4.69, 9.17) is 5.14 Å². The fraction of sp³-hybridized carbons (Fsp3) is 0. The molecule has 0 unspecified atom stereocenters. The largest absolute Gasteiger partial charge is 0.296 e. The van der Waals surface area contributed by atoms with Gasteiger partial charge in [-0.1, -0.05) is 24.8 Å². The average Bonchev–Trinajstić information content (AvgIpc) is 2.03. The van der Waals surface area contributed by atoms with E-state index in [2.05, 4.69) is 11.3 Å². The van der Waals surface area contributed by atoms with Crippen molar-refractivity contribution >= 4 is 22.0 Å². The third-order valence-corrected chi connectivity index (χ3v) is 1.93. The average molecular weight is 198 g/mol. The molecule has 13 heavy (non-hydrogen) atoms. The summed E-state index contributed by atoms with van der Waals surface area (Å²) in [5, 5.41) is 4.78. The molecule has 0 spiro atoms. The molecule has 0 fully saturated rings. The van der Waals surface area contributed by atoms with Gasteiger partial charge in [-0.15, -0.1) is 0 Å². The van der Waals surface area contributed by atoms with Crippen LogP contribution in [0.3, 0.4) is 0 Å². The first-order chi connectivity index (χ1) is 6.01. The number of nitrogens with two attached hydrogens (primary N) is 1. The highest BCUT2D eigenvalue weighted by molar-refractivity contribution is 7.90. The first-order valence-electron chi connectivity index (χ1n) is 3.54. The minimum atomic E-state index is -3.67. The molecule has 0 saturated carbocycles. The zero-order chi connectivity index (χ0) is 9.90. The van der Waals surface area contributed by atoms with Gasteiger partial charge in [-0.05, 0) is 17.7 Å². The van der Waals surface area contributed by atoms with Gasteiger partial charge >= 0.3 is 0 Å². The van der Waals surface area contributed by atoms with Crippen molar-refractivity contribution < 1.29 is 8.42 Å². The number of benzene rings is 1. The minimum Gasteiger partial charge on any atom is -0.271 e. The van der Waals surface area contributed by atoms with Crippen molar-refractivity contribution in [2.24, 2.45) is 5.14 Å². The van der Waals surface area contributed by atoms with Crippen LogP contribution in [0, 0.1) is 0 Å². The van der Waals surface area contributed by atoms with Gasteiger partial charge in [-0.3, -0.25) is 4.72 Å². The van der Waals surface area contributed by atoms with E-state index in [1.165, 1.54) is 0 Å². The smallest absolute Gasteiger partial charge is 0.271 e. The van der Waals surface area contributed by atoms with Crippen molar-refractivity contribution in [1.82, 2.24) is 0 Å². The van der Waals surface area contributed by atoms with Crippen LogP contribution >= 0.6 is 0 Å². The molecule has 0 aliphatic heterocycles. The lowest BCUT2D eigenvalue weighted by Crippen LogP contribution is -2.21. The number of hydrogen-bond donors (Lipinski definition) is 2. The Kier molecular flexibility index (Phi) is 2.69.